The first-order valence-corrected chi connectivity index (χ1v) is 11.3. The Morgan fingerprint density at radius 3 is 2.77 bits per heavy atom. The number of likely N-dealkylation sites (N-methyl/N-ethyl adjacent to an activating group) is 1. The smallest absolute Gasteiger partial charge is 0.218 e. The number of carbonyl (C=O) groups excluding carboxylic acids is 2. The summed E-state index contributed by atoms with van der Waals surface area (Å²) in [5.41, 5.74) is 5.96. The van der Waals surface area contributed by atoms with Crippen LogP contribution in [0.1, 0.15) is 57.2 Å². The van der Waals surface area contributed by atoms with Gasteiger partial charge in [-0.2, -0.15) is 4.98 Å². The van der Waals surface area contributed by atoms with Gasteiger partial charge in [-0.3, -0.25) is 14.5 Å². The number of nitrogens with zero attached hydrogens (tertiary/aromatic N) is 3. The van der Waals surface area contributed by atoms with Gasteiger partial charge in [0, 0.05) is 30.6 Å². The predicted octanol–water partition coefficient (Wildman–Crippen LogP) is 3.10. The highest BCUT2D eigenvalue weighted by Gasteiger charge is 2.49. The molecule has 1 spiro atoms. The average Bonchev–Trinajstić information content (AvgIpc) is 3.06. The van der Waals surface area contributed by atoms with E-state index in [9.17, 15) is 14.0 Å². The van der Waals surface area contributed by atoms with Crippen LogP contribution in [0.3, 0.4) is 0 Å². The highest BCUT2D eigenvalue weighted by atomic mass is 35.5. The molecule has 31 heavy (non-hydrogen) atoms. The predicted molar refractivity (Wildman–Crippen MR) is 114 cm³/mol. The van der Waals surface area contributed by atoms with Crippen LogP contribution in [0, 0.1) is 5.41 Å². The van der Waals surface area contributed by atoms with Gasteiger partial charge in [0.2, 0.25) is 5.88 Å². The van der Waals surface area contributed by atoms with Crippen LogP contribution < -0.4 is 10.5 Å². The van der Waals surface area contributed by atoms with Crippen molar-refractivity contribution in [1.29, 1.82) is 0 Å². The van der Waals surface area contributed by atoms with E-state index in [1.807, 2.05) is 11.9 Å². The molecule has 4 rings (SSSR count). The first-order chi connectivity index (χ1) is 14.8. The summed E-state index contributed by atoms with van der Waals surface area (Å²) in [6.45, 7) is 0.641. The van der Waals surface area contributed by atoms with E-state index < -0.39 is 11.6 Å². The fourth-order valence-electron chi connectivity index (χ4n) is 5.05. The molecule has 3 fully saturated rings. The Bertz CT molecular complexity index is 920. The average molecular weight is 451 g/mol. The number of nitrogens with two attached hydrogens (primary N) is 1. The molecule has 0 amide bonds. The van der Waals surface area contributed by atoms with Crippen molar-refractivity contribution in [2.75, 3.05) is 20.2 Å². The molecule has 2 N–H and O–H groups in total. The van der Waals surface area contributed by atoms with Gasteiger partial charge in [-0.15, -0.1) is 0 Å². The summed E-state index contributed by atoms with van der Waals surface area (Å²) < 4.78 is 19.3. The SMILES string of the molecule is CN1C[C@@H](F)C[C@H]1COc1cc(Cl)nc(/C(N)=C2\CCC[C@@]3(CCCCC3=O)C2=O)n1. The standard InChI is InChI=1S/C22H28ClFN4O3/c1-28-11-13(24)9-14(28)12-31-18-10-17(23)26-21(27-18)19(25)15-5-4-8-22(20(15)30)7-3-2-6-16(22)29/h10,13-14H,2-9,11-12,25H2,1H3/b19-15-/t13-,14-,22+/m0/s1. The molecule has 1 aromatic heterocycles. The minimum Gasteiger partial charge on any atom is -0.476 e. The van der Waals surface area contributed by atoms with Crippen molar-refractivity contribution in [2.45, 2.75) is 63.6 Å². The molecule has 7 nitrogen and oxygen atoms in total. The molecule has 0 bridgehead atoms. The first-order valence-electron chi connectivity index (χ1n) is 10.9. The third-order valence-electron chi connectivity index (χ3n) is 6.83. The van der Waals surface area contributed by atoms with Crippen LogP contribution in [-0.4, -0.2) is 58.8 Å². The lowest BCUT2D eigenvalue weighted by atomic mass is 9.62. The Morgan fingerprint density at radius 1 is 1.29 bits per heavy atom. The van der Waals surface area contributed by atoms with Crippen LogP contribution in [-0.2, 0) is 9.59 Å². The van der Waals surface area contributed by atoms with Crippen LogP contribution in [0.4, 0.5) is 4.39 Å². The van der Waals surface area contributed by atoms with Gasteiger partial charge in [-0.25, -0.2) is 9.37 Å². The number of Topliss-reactive ketones (excluding diaryl/α,β-unsaturated/α-hetero) is 2. The Morgan fingerprint density at radius 2 is 2.06 bits per heavy atom. The number of likely N-dealkylation sites (tertiary alicyclic amines) is 1. The van der Waals surface area contributed by atoms with Gasteiger partial charge in [0.25, 0.3) is 0 Å². The zero-order valence-corrected chi connectivity index (χ0v) is 18.5. The molecule has 2 saturated carbocycles. The van der Waals surface area contributed by atoms with Crippen LogP contribution >= 0.6 is 11.6 Å². The van der Waals surface area contributed by atoms with Gasteiger partial charge >= 0.3 is 0 Å². The third kappa shape index (κ3) is 4.32. The molecule has 0 aromatic carbocycles. The van der Waals surface area contributed by atoms with Crippen molar-refractivity contribution >= 4 is 28.9 Å². The zero-order valence-electron chi connectivity index (χ0n) is 17.7. The number of allylic oxidation sites excluding steroid dienone is 1. The molecule has 3 atom stereocenters. The van der Waals surface area contributed by atoms with Gasteiger partial charge in [0.05, 0.1) is 11.1 Å². The Labute approximate surface area is 186 Å². The summed E-state index contributed by atoms with van der Waals surface area (Å²) in [5.74, 6) is 0.181. The Kier molecular flexibility index (Phi) is 6.30. The molecule has 0 unspecified atom stereocenters. The second-order valence-corrected chi connectivity index (χ2v) is 9.26. The molecule has 9 heteroatoms. The minimum absolute atomic E-state index is 0.0247. The molecule has 2 heterocycles. The number of hydrogen-bond donors (Lipinski definition) is 1. The lowest BCUT2D eigenvalue weighted by molar-refractivity contribution is -0.143. The maximum atomic E-state index is 13.6. The number of ketones is 2. The van der Waals surface area contributed by atoms with E-state index in [0.29, 0.717) is 44.2 Å². The van der Waals surface area contributed by atoms with Crippen molar-refractivity contribution < 1.29 is 18.7 Å². The van der Waals surface area contributed by atoms with Gasteiger partial charge in [-0.1, -0.05) is 18.0 Å². The molecule has 3 aliphatic rings. The normalized spacial score (nSPS) is 31.3. The summed E-state index contributed by atoms with van der Waals surface area (Å²) in [6, 6.07) is 1.42. The number of alkyl halides is 1. The van der Waals surface area contributed by atoms with E-state index in [4.69, 9.17) is 22.1 Å². The van der Waals surface area contributed by atoms with E-state index >= 15 is 0 Å². The van der Waals surface area contributed by atoms with E-state index in [2.05, 4.69) is 9.97 Å². The van der Waals surface area contributed by atoms with Crippen LogP contribution in [0.15, 0.2) is 11.6 Å². The summed E-state index contributed by atoms with van der Waals surface area (Å²) in [6.07, 6.45) is 4.04. The highest BCUT2D eigenvalue weighted by Crippen LogP contribution is 2.45. The van der Waals surface area contributed by atoms with Gasteiger partial charge < -0.3 is 10.5 Å². The highest BCUT2D eigenvalue weighted by molar-refractivity contribution is 6.29. The summed E-state index contributed by atoms with van der Waals surface area (Å²) >= 11 is 6.16. The molecule has 1 saturated heterocycles. The Balaban J connectivity index is 1.57. The van der Waals surface area contributed by atoms with E-state index in [1.54, 1.807) is 0 Å². The molecule has 0 radical (unpaired) electrons. The monoisotopic (exact) mass is 450 g/mol. The van der Waals surface area contributed by atoms with Gasteiger partial charge in [-0.05, 0) is 45.6 Å². The van der Waals surface area contributed by atoms with Crippen LogP contribution in [0.5, 0.6) is 5.88 Å². The number of ether oxygens (including phenoxy) is 1. The van der Waals surface area contributed by atoms with Crippen molar-refractivity contribution in [3.8, 4) is 5.88 Å². The summed E-state index contributed by atoms with van der Waals surface area (Å²) in [5, 5.41) is 0.137. The lowest BCUT2D eigenvalue weighted by Crippen LogP contribution is -2.45. The van der Waals surface area contributed by atoms with E-state index in [0.717, 1.165) is 19.3 Å². The minimum atomic E-state index is -0.940. The van der Waals surface area contributed by atoms with Crippen molar-refractivity contribution in [2.24, 2.45) is 11.1 Å². The Hall–Kier alpha value is -2.06. The number of hydrogen-bond acceptors (Lipinski definition) is 7. The van der Waals surface area contributed by atoms with Crippen molar-refractivity contribution in [3.05, 3.63) is 22.6 Å². The fraction of sp³-hybridized carbons (Fsp3) is 0.636. The van der Waals surface area contributed by atoms with Crippen molar-refractivity contribution in [1.82, 2.24) is 14.9 Å². The number of aromatic nitrogens is 2. The summed E-state index contributed by atoms with van der Waals surface area (Å²) in [7, 11) is 1.85. The zero-order chi connectivity index (χ0) is 22.2. The number of carbonyl (C=O) groups is 2. The van der Waals surface area contributed by atoms with Gasteiger partial charge in [0.1, 0.15) is 23.7 Å². The molecular weight excluding hydrogens is 423 g/mol. The molecule has 168 valence electrons. The first kappa shape index (κ1) is 22.1. The molecule has 1 aliphatic heterocycles. The molecule has 1 aromatic rings. The number of rotatable bonds is 4. The fourth-order valence-corrected chi connectivity index (χ4v) is 5.22. The summed E-state index contributed by atoms with van der Waals surface area (Å²) in [4.78, 5) is 36.5. The van der Waals surface area contributed by atoms with Crippen LogP contribution in [0.2, 0.25) is 5.15 Å². The molecule has 2 aliphatic carbocycles. The second kappa shape index (κ2) is 8.82. The third-order valence-corrected chi connectivity index (χ3v) is 7.02. The second-order valence-electron chi connectivity index (χ2n) is 8.88. The van der Waals surface area contributed by atoms with E-state index in [1.165, 1.54) is 6.07 Å². The lowest BCUT2D eigenvalue weighted by Gasteiger charge is -2.38. The van der Waals surface area contributed by atoms with Gasteiger partial charge in [0.15, 0.2) is 11.6 Å². The quantitative estimate of drug-likeness (QED) is 0.427. The molecular formula is C22H28ClFN4O3. The number of halogens is 2. The van der Waals surface area contributed by atoms with Crippen molar-refractivity contribution in [3.63, 3.8) is 0 Å². The van der Waals surface area contributed by atoms with Crippen LogP contribution in [0.25, 0.3) is 5.70 Å². The van der Waals surface area contributed by atoms with E-state index in [-0.39, 0.29) is 46.8 Å². The topological polar surface area (TPSA) is 98.4 Å². The maximum Gasteiger partial charge on any atom is 0.218 e. The largest absolute Gasteiger partial charge is 0.476 e. The maximum absolute atomic E-state index is 13.6.